The van der Waals surface area contributed by atoms with E-state index in [2.05, 4.69) is 39.3 Å². The van der Waals surface area contributed by atoms with Crippen molar-refractivity contribution in [2.45, 2.75) is 39.5 Å². The molecule has 6 heteroatoms. The Labute approximate surface area is 149 Å². The van der Waals surface area contributed by atoms with E-state index in [1.807, 2.05) is 24.5 Å². The Morgan fingerprint density at radius 2 is 2.16 bits per heavy atom. The van der Waals surface area contributed by atoms with Gasteiger partial charge in [0.1, 0.15) is 5.82 Å². The first-order valence-corrected chi connectivity index (χ1v) is 8.92. The molecule has 6 nitrogen and oxygen atoms in total. The van der Waals surface area contributed by atoms with Crippen LogP contribution in [-0.4, -0.2) is 50.9 Å². The molecule has 1 aromatic heterocycles. The van der Waals surface area contributed by atoms with Crippen LogP contribution in [0.1, 0.15) is 35.6 Å². The zero-order valence-corrected chi connectivity index (χ0v) is 15.1. The number of rotatable bonds is 6. The fourth-order valence-electron chi connectivity index (χ4n) is 3.49. The summed E-state index contributed by atoms with van der Waals surface area (Å²) in [5.41, 5.74) is 7.09. The molecule has 1 saturated heterocycles. The number of amides is 1. The SMILES string of the molecule is CCn1ccnc1CN1CCN(Cc2cccc(C(N)=O)c2)C[C@H]1C. The van der Waals surface area contributed by atoms with E-state index in [9.17, 15) is 4.79 Å². The van der Waals surface area contributed by atoms with E-state index in [0.717, 1.165) is 50.7 Å². The monoisotopic (exact) mass is 341 g/mol. The van der Waals surface area contributed by atoms with Crippen molar-refractivity contribution < 1.29 is 4.79 Å². The highest BCUT2D eigenvalue weighted by Gasteiger charge is 2.24. The Kier molecular flexibility index (Phi) is 5.50. The molecule has 1 amide bonds. The summed E-state index contributed by atoms with van der Waals surface area (Å²) in [6, 6.07) is 8.09. The topological polar surface area (TPSA) is 67.4 Å². The molecular weight excluding hydrogens is 314 g/mol. The van der Waals surface area contributed by atoms with Crippen LogP contribution in [0.2, 0.25) is 0 Å². The quantitative estimate of drug-likeness (QED) is 0.868. The van der Waals surface area contributed by atoms with Crippen molar-refractivity contribution in [1.82, 2.24) is 19.4 Å². The number of primary amides is 1. The second kappa shape index (κ2) is 7.80. The number of piperazine rings is 1. The molecule has 134 valence electrons. The van der Waals surface area contributed by atoms with E-state index in [1.54, 1.807) is 6.07 Å². The average Bonchev–Trinajstić information content (AvgIpc) is 3.05. The Hall–Kier alpha value is -2.18. The molecule has 0 spiro atoms. The second-order valence-corrected chi connectivity index (χ2v) is 6.75. The molecule has 1 aromatic carbocycles. The predicted octanol–water partition coefficient (Wildman–Crippen LogP) is 1.71. The number of hydrogen-bond donors (Lipinski definition) is 1. The van der Waals surface area contributed by atoms with Crippen molar-refractivity contribution in [3.05, 3.63) is 53.6 Å². The molecule has 3 rings (SSSR count). The number of carbonyl (C=O) groups excluding carboxylic acids is 1. The highest BCUT2D eigenvalue weighted by molar-refractivity contribution is 5.92. The summed E-state index contributed by atoms with van der Waals surface area (Å²) in [6.45, 7) is 10.2. The number of nitrogens with zero attached hydrogens (tertiary/aromatic N) is 4. The van der Waals surface area contributed by atoms with Crippen LogP contribution in [0.3, 0.4) is 0 Å². The van der Waals surface area contributed by atoms with Crippen LogP contribution < -0.4 is 5.73 Å². The van der Waals surface area contributed by atoms with Gasteiger partial charge in [-0.15, -0.1) is 0 Å². The van der Waals surface area contributed by atoms with E-state index in [-0.39, 0.29) is 5.91 Å². The number of imidazole rings is 1. The molecule has 25 heavy (non-hydrogen) atoms. The third-order valence-electron chi connectivity index (χ3n) is 4.95. The summed E-state index contributed by atoms with van der Waals surface area (Å²) in [5.74, 6) is 0.767. The summed E-state index contributed by atoms with van der Waals surface area (Å²) in [6.07, 6.45) is 3.92. The number of aryl methyl sites for hydroxylation is 1. The molecule has 1 atom stereocenters. The van der Waals surface area contributed by atoms with Crippen molar-refractivity contribution in [2.75, 3.05) is 19.6 Å². The molecule has 2 heterocycles. The zero-order chi connectivity index (χ0) is 17.8. The maximum absolute atomic E-state index is 11.3. The maximum atomic E-state index is 11.3. The van der Waals surface area contributed by atoms with Crippen molar-refractivity contribution >= 4 is 5.91 Å². The average molecular weight is 341 g/mol. The van der Waals surface area contributed by atoms with Gasteiger partial charge in [-0.2, -0.15) is 0 Å². The summed E-state index contributed by atoms with van der Waals surface area (Å²) in [4.78, 5) is 20.8. The number of benzene rings is 1. The minimum Gasteiger partial charge on any atom is -0.366 e. The fourth-order valence-corrected chi connectivity index (χ4v) is 3.49. The summed E-state index contributed by atoms with van der Waals surface area (Å²) < 4.78 is 2.20. The maximum Gasteiger partial charge on any atom is 0.248 e. The molecule has 2 aromatic rings. The fraction of sp³-hybridized carbons (Fsp3) is 0.474. The molecule has 1 aliphatic heterocycles. The van der Waals surface area contributed by atoms with E-state index in [1.165, 1.54) is 0 Å². The molecule has 2 N–H and O–H groups in total. The molecule has 0 aliphatic carbocycles. The van der Waals surface area contributed by atoms with Crippen LogP contribution >= 0.6 is 0 Å². The molecule has 1 aliphatic rings. The van der Waals surface area contributed by atoms with E-state index >= 15 is 0 Å². The van der Waals surface area contributed by atoms with Crippen molar-refractivity contribution in [3.63, 3.8) is 0 Å². The van der Waals surface area contributed by atoms with Crippen LogP contribution in [0.25, 0.3) is 0 Å². The summed E-state index contributed by atoms with van der Waals surface area (Å²) in [7, 11) is 0. The second-order valence-electron chi connectivity index (χ2n) is 6.75. The molecule has 0 unspecified atom stereocenters. The first kappa shape index (κ1) is 17.6. The lowest BCUT2D eigenvalue weighted by Gasteiger charge is -2.39. The van der Waals surface area contributed by atoms with Gasteiger partial charge in [0.15, 0.2) is 0 Å². The highest BCUT2D eigenvalue weighted by atomic mass is 16.1. The van der Waals surface area contributed by atoms with Gasteiger partial charge < -0.3 is 10.3 Å². The van der Waals surface area contributed by atoms with Gasteiger partial charge in [0.05, 0.1) is 6.54 Å². The lowest BCUT2D eigenvalue weighted by atomic mass is 10.1. The standard InChI is InChI=1S/C19H27N5O/c1-3-23-8-7-21-18(23)14-24-10-9-22(12-15(24)2)13-16-5-4-6-17(11-16)19(20)25/h4-8,11,15H,3,9-10,12-14H2,1-2H3,(H2,20,25)/t15-/m1/s1. The van der Waals surface area contributed by atoms with Gasteiger partial charge in [-0.25, -0.2) is 4.98 Å². The van der Waals surface area contributed by atoms with Crippen LogP contribution in [0.15, 0.2) is 36.7 Å². The van der Waals surface area contributed by atoms with Crippen molar-refractivity contribution in [2.24, 2.45) is 5.73 Å². The zero-order valence-electron chi connectivity index (χ0n) is 15.1. The van der Waals surface area contributed by atoms with Crippen molar-refractivity contribution in [1.29, 1.82) is 0 Å². The predicted molar refractivity (Wildman–Crippen MR) is 98.0 cm³/mol. The number of carbonyl (C=O) groups is 1. The Morgan fingerprint density at radius 1 is 1.32 bits per heavy atom. The van der Waals surface area contributed by atoms with E-state index in [4.69, 9.17) is 5.73 Å². The van der Waals surface area contributed by atoms with Crippen LogP contribution in [0, 0.1) is 0 Å². The molecule has 1 fully saturated rings. The Balaban J connectivity index is 1.58. The third-order valence-corrected chi connectivity index (χ3v) is 4.95. The van der Waals surface area contributed by atoms with Gasteiger partial charge in [0.2, 0.25) is 5.91 Å². The minimum atomic E-state index is -0.369. The number of hydrogen-bond acceptors (Lipinski definition) is 4. The van der Waals surface area contributed by atoms with Gasteiger partial charge in [-0.1, -0.05) is 12.1 Å². The highest BCUT2D eigenvalue weighted by Crippen LogP contribution is 2.16. The van der Waals surface area contributed by atoms with E-state index in [0.29, 0.717) is 11.6 Å². The molecule has 0 bridgehead atoms. The van der Waals surface area contributed by atoms with Gasteiger partial charge >= 0.3 is 0 Å². The third kappa shape index (κ3) is 4.27. The first-order valence-electron chi connectivity index (χ1n) is 8.92. The molecular formula is C19H27N5O. The first-order chi connectivity index (χ1) is 12.1. The Morgan fingerprint density at radius 3 is 2.88 bits per heavy atom. The smallest absolute Gasteiger partial charge is 0.248 e. The van der Waals surface area contributed by atoms with Crippen LogP contribution in [0.4, 0.5) is 0 Å². The Bertz CT molecular complexity index is 726. The molecule has 0 saturated carbocycles. The summed E-state index contributed by atoms with van der Waals surface area (Å²) >= 11 is 0. The summed E-state index contributed by atoms with van der Waals surface area (Å²) in [5, 5.41) is 0. The van der Waals surface area contributed by atoms with Gasteiger partial charge in [0, 0.05) is 56.7 Å². The largest absolute Gasteiger partial charge is 0.366 e. The van der Waals surface area contributed by atoms with Crippen molar-refractivity contribution in [3.8, 4) is 0 Å². The van der Waals surface area contributed by atoms with E-state index < -0.39 is 0 Å². The normalized spacial score (nSPS) is 19.2. The number of nitrogens with two attached hydrogens (primary N) is 1. The van der Waals surface area contributed by atoms with Crippen LogP contribution in [-0.2, 0) is 19.6 Å². The van der Waals surface area contributed by atoms with Gasteiger partial charge in [-0.05, 0) is 31.5 Å². The van der Waals surface area contributed by atoms with Gasteiger partial charge in [-0.3, -0.25) is 14.6 Å². The van der Waals surface area contributed by atoms with Gasteiger partial charge in [0.25, 0.3) is 0 Å². The lowest BCUT2D eigenvalue weighted by molar-refractivity contribution is 0.0705. The number of aromatic nitrogens is 2. The lowest BCUT2D eigenvalue weighted by Crippen LogP contribution is -2.51. The minimum absolute atomic E-state index is 0.369. The molecule has 0 radical (unpaired) electrons. The van der Waals surface area contributed by atoms with Crippen LogP contribution in [0.5, 0.6) is 0 Å².